The highest BCUT2D eigenvalue weighted by Gasteiger charge is 2.77. The largest absolute Gasteiger partial charge is 0.369 e. The number of hydrogen-bond donors (Lipinski definition) is 0. The van der Waals surface area contributed by atoms with Gasteiger partial charge in [-0.15, -0.1) is 0 Å². The molecule has 5 rings (SSSR count). The van der Waals surface area contributed by atoms with Gasteiger partial charge in [0.1, 0.15) is 11.7 Å². The van der Waals surface area contributed by atoms with Crippen LogP contribution in [0.2, 0.25) is 0 Å². The van der Waals surface area contributed by atoms with Crippen molar-refractivity contribution in [3.05, 3.63) is 23.3 Å². The molecular formula is C23H32O4. The van der Waals surface area contributed by atoms with E-state index in [0.717, 1.165) is 12.0 Å². The molecule has 148 valence electrons. The minimum atomic E-state index is -0.604. The van der Waals surface area contributed by atoms with Gasteiger partial charge in [0.25, 0.3) is 0 Å². The summed E-state index contributed by atoms with van der Waals surface area (Å²) in [5.41, 5.74) is 1.11. The predicted molar refractivity (Wildman–Crippen MR) is 102 cm³/mol. The summed E-state index contributed by atoms with van der Waals surface area (Å²) in [4.78, 5) is 14.3. The summed E-state index contributed by atoms with van der Waals surface area (Å²) in [6.07, 6.45) is 5.04. The molecule has 4 heteroatoms. The third kappa shape index (κ3) is 1.88. The van der Waals surface area contributed by atoms with E-state index in [4.69, 9.17) is 14.2 Å². The number of ketones is 1. The Kier molecular flexibility index (Phi) is 3.58. The van der Waals surface area contributed by atoms with E-state index in [-0.39, 0.29) is 35.6 Å². The number of hydrogen-bond acceptors (Lipinski definition) is 4. The van der Waals surface area contributed by atoms with E-state index in [2.05, 4.69) is 46.8 Å². The molecule has 0 aromatic carbocycles. The average Bonchev–Trinajstić information content (AvgIpc) is 2.65. The summed E-state index contributed by atoms with van der Waals surface area (Å²) in [6, 6.07) is 0. The first-order valence-corrected chi connectivity index (χ1v) is 10.5. The molecule has 3 fully saturated rings. The van der Waals surface area contributed by atoms with Crippen LogP contribution >= 0.6 is 0 Å². The summed E-state index contributed by atoms with van der Waals surface area (Å²) in [5, 5.41) is 0. The first kappa shape index (κ1) is 18.1. The van der Waals surface area contributed by atoms with E-state index in [1.54, 1.807) is 0 Å². The molecule has 5 aliphatic rings. The van der Waals surface area contributed by atoms with Crippen molar-refractivity contribution in [3.8, 4) is 0 Å². The van der Waals surface area contributed by atoms with Crippen molar-refractivity contribution in [1.82, 2.24) is 0 Å². The molecule has 4 nitrogen and oxygen atoms in total. The fourth-order valence-electron chi connectivity index (χ4n) is 6.85. The van der Waals surface area contributed by atoms with Crippen LogP contribution in [0.4, 0.5) is 0 Å². The third-order valence-corrected chi connectivity index (χ3v) is 8.82. The van der Waals surface area contributed by atoms with Crippen molar-refractivity contribution < 1.29 is 19.0 Å². The maximum atomic E-state index is 14.3. The maximum Gasteiger partial charge on any atom is 0.156 e. The lowest BCUT2D eigenvalue weighted by atomic mass is 9.56. The van der Waals surface area contributed by atoms with E-state index in [1.165, 1.54) is 5.57 Å². The summed E-state index contributed by atoms with van der Waals surface area (Å²) < 4.78 is 18.7. The summed E-state index contributed by atoms with van der Waals surface area (Å²) in [5.74, 6) is 1.13. The lowest BCUT2D eigenvalue weighted by molar-refractivity contribution is -0.313. The van der Waals surface area contributed by atoms with Crippen LogP contribution in [0.15, 0.2) is 23.3 Å². The molecule has 0 amide bonds. The van der Waals surface area contributed by atoms with E-state index >= 15 is 0 Å². The standard InChI is InChI=1S/C23H32O4/c1-12-9-22-14(3)7-13(2)21(5,6)17(19(22)24)8-16-10-25-15(4)27-20(16)23(22)18(12)11-26-23/h8-9,13-15,17-18,20H,7,10-11H2,1-6H3/t13?,14-,15?,17?,18?,20?,22?,23?/m1/s1. The molecule has 2 heterocycles. The summed E-state index contributed by atoms with van der Waals surface area (Å²) >= 11 is 0. The quantitative estimate of drug-likeness (QED) is 0.605. The first-order valence-electron chi connectivity index (χ1n) is 10.5. The molecule has 3 aliphatic carbocycles. The SMILES string of the molecule is CC1=CC23C(=O)C(C=C4COC(C)OC4C24OCC14)C(C)(C)C(C)C[C@H]3C. The molecule has 2 bridgehead atoms. The molecular weight excluding hydrogens is 340 g/mol. The Balaban J connectivity index is 1.80. The predicted octanol–water partition coefficient (Wildman–Crippen LogP) is 3.91. The van der Waals surface area contributed by atoms with Crippen molar-refractivity contribution in [3.63, 3.8) is 0 Å². The molecule has 2 aliphatic heterocycles. The van der Waals surface area contributed by atoms with Gasteiger partial charge < -0.3 is 14.2 Å². The van der Waals surface area contributed by atoms with Gasteiger partial charge in [-0.3, -0.25) is 4.79 Å². The van der Waals surface area contributed by atoms with Crippen LogP contribution < -0.4 is 0 Å². The summed E-state index contributed by atoms with van der Waals surface area (Å²) in [6.45, 7) is 14.4. The number of ether oxygens (including phenoxy) is 3. The fraction of sp³-hybridized carbons (Fsp3) is 0.783. The van der Waals surface area contributed by atoms with Crippen LogP contribution in [-0.4, -0.2) is 37.0 Å². The normalized spacial score (nSPS) is 53.0. The van der Waals surface area contributed by atoms with Gasteiger partial charge in [-0.25, -0.2) is 0 Å². The molecule has 1 saturated carbocycles. The highest BCUT2D eigenvalue weighted by Crippen LogP contribution is 2.68. The topological polar surface area (TPSA) is 44.8 Å². The molecule has 7 unspecified atom stereocenters. The van der Waals surface area contributed by atoms with E-state index in [0.29, 0.717) is 24.9 Å². The maximum absolute atomic E-state index is 14.3. The van der Waals surface area contributed by atoms with Crippen molar-refractivity contribution in [2.75, 3.05) is 13.2 Å². The monoisotopic (exact) mass is 372 g/mol. The van der Waals surface area contributed by atoms with Gasteiger partial charge in [0.2, 0.25) is 0 Å². The number of carbonyl (C=O) groups excluding carboxylic acids is 1. The molecule has 27 heavy (non-hydrogen) atoms. The van der Waals surface area contributed by atoms with Gasteiger partial charge >= 0.3 is 0 Å². The van der Waals surface area contributed by atoms with Crippen molar-refractivity contribution in [2.45, 2.75) is 66.0 Å². The lowest BCUT2D eigenvalue weighted by Crippen LogP contribution is -2.72. The first-order chi connectivity index (χ1) is 12.7. The second-order valence-corrected chi connectivity index (χ2v) is 10.3. The van der Waals surface area contributed by atoms with Gasteiger partial charge in [0.05, 0.1) is 18.6 Å². The number of Topliss-reactive ketones (excluding diaryl/α,β-unsaturated/α-hetero) is 1. The van der Waals surface area contributed by atoms with E-state index in [9.17, 15) is 4.79 Å². The number of carbonyl (C=O) groups is 1. The Morgan fingerprint density at radius 1 is 1.15 bits per heavy atom. The average molecular weight is 373 g/mol. The van der Waals surface area contributed by atoms with Crippen LogP contribution in [0.3, 0.4) is 0 Å². The minimum Gasteiger partial charge on any atom is -0.369 e. The van der Waals surface area contributed by atoms with Gasteiger partial charge in [-0.2, -0.15) is 0 Å². The Bertz CT molecular complexity index is 764. The van der Waals surface area contributed by atoms with Crippen molar-refractivity contribution in [1.29, 1.82) is 0 Å². The number of fused-ring (bicyclic) bond motifs is 2. The van der Waals surface area contributed by atoms with Gasteiger partial charge in [-0.05, 0) is 43.1 Å². The van der Waals surface area contributed by atoms with Crippen LogP contribution in [-0.2, 0) is 19.0 Å². The zero-order valence-electron chi connectivity index (χ0n) is 17.4. The Hall–Kier alpha value is -0.970. The Morgan fingerprint density at radius 3 is 2.56 bits per heavy atom. The van der Waals surface area contributed by atoms with E-state index < -0.39 is 11.0 Å². The molecule has 2 saturated heterocycles. The van der Waals surface area contributed by atoms with Crippen molar-refractivity contribution >= 4 is 5.78 Å². The van der Waals surface area contributed by atoms with Crippen LogP contribution in [0.5, 0.6) is 0 Å². The van der Waals surface area contributed by atoms with Crippen LogP contribution in [0.25, 0.3) is 0 Å². The summed E-state index contributed by atoms with van der Waals surface area (Å²) in [7, 11) is 0. The van der Waals surface area contributed by atoms with Crippen LogP contribution in [0, 0.1) is 34.5 Å². The highest BCUT2D eigenvalue weighted by atomic mass is 16.7. The second-order valence-electron chi connectivity index (χ2n) is 10.3. The highest BCUT2D eigenvalue weighted by molar-refractivity contribution is 5.95. The molecule has 0 aromatic rings. The molecule has 2 spiro atoms. The van der Waals surface area contributed by atoms with Crippen LogP contribution in [0.1, 0.15) is 48.0 Å². The lowest BCUT2D eigenvalue weighted by Gasteiger charge is -2.60. The van der Waals surface area contributed by atoms with Gasteiger partial charge in [0, 0.05) is 11.8 Å². The number of allylic oxidation sites excluding steroid dienone is 1. The molecule has 0 aromatic heterocycles. The number of rotatable bonds is 0. The minimum absolute atomic E-state index is 0.107. The third-order valence-electron chi connectivity index (χ3n) is 8.82. The molecule has 0 N–H and O–H groups in total. The van der Waals surface area contributed by atoms with E-state index in [1.807, 2.05) is 6.92 Å². The van der Waals surface area contributed by atoms with Crippen molar-refractivity contribution in [2.24, 2.45) is 34.5 Å². The Morgan fingerprint density at radius 2 is 1.89 bits per heavy atom. The fourth-order valence-corrected chi connectivity index (χ4v) is 6.85. The second kappa shape index (κ2) is 5.34. The van der Waals surface area contributed by atoms with Gasteiger partial charge in [-0.1, -0.05) is 45.4 Å². The molecule has 8 atom stereocenters. The molecule has 0 radical (unpaired) electrons. The zero-order chi connectivity index (χ0) is 19.4. The zero-order valence-corrected chi connectivity index (χ0v) is 17.4. The Labute approximate surface area is 162 Å². The van der Waals surface area contributed by atoms with Gasteiger partial charge in [0.15, 0.2) is 12.1 Å². The smallest absolute Gasteiger partial charge is 0.156 e.